The number of rotatable bonds is 44. The van der Waals surface area contributed by atoms with Gasteiger partial charge in [0, 0.05) is 19.3 Å². The van der Waals surface area contributed by atoms with Gasteiger partial charge in [-0.05, 0) is 77.0 Å². The molecule has 6 heteroatoms. The fourth-order valence-electron chi connectivity index (χ4n) is 6.88. The summed E-state index contributed by atoms with van der Waals surface area (Å²) >= 11 is 0. The average Bonchev–Trinajstić information content (AvgIpc) is 3.21. The lowest BCUT2D eigenvalue weighted by Gasteiger charge is -2.18. The van der Waals surface area contributed by atoms with E-state index in [1.165, 1.54) is 128 Å². The lowest BCUT2D eigenvalue weighted by atomic mass is 10.1. The van der Waals surface area contributed by atoms with Crippen LogP contribution in [0.5, 0.6) is 0 Å². The van der Waals surface area contributed by atoms with Crippen molar-refractivity contribution in [3.05, 3.63) is 36.5 Å². The Bertz CT molecular complexity index is 969. The first-order chi connectivity index (χ1) is 28.0. The molecule has 0 aliphatic carbocycles. The first-order valence-electron chi connectivity index (χ1n) is 24.5. The lowest BCUT2D eigenvalue weighted by molar-refractivity contribution is -0.167. The molecule has 0 radical (unpaired) electrons. The van der Waals surface area contributed by atoms with E-state index in [9.17, 15) is 14.4 Å². The fourth-order valence-corrected chi connectivity index (χ4v) is 6.88. The highest BCUT2D eigenvalue weighted by Crippen LogP contribution is 2.14. The number of esters is 3. The number of ether oxygens (including phenoxy) is 3. The Morgan fingerprint density at radius 3 is 1.04 bits per heavy atom. The normalized spacial score (nSPS) is 12.3. The summed E-state index contributed by atoms with van der Waals surface area (Å²) in [6.45, 7) is 6.58. The summed E-state index contributed by atoms with van der Waals surface area (Å²) in [6.07, 6.45) is 52.6. The van der Waals surface area contributed by atoms with Crippen molar-refractivity contribution in [3.8, 4) is 0 Å². The molecule has 0 bridgehead atoms. The summed E-state index contributed by atoms with van der Waals surface area (Å²) in [5.41, 5.74) is 0. The van der Waals surface area contributed by atoms with E-state index in [0.717, 1.165) is 83.5 Å². The minimum absolute atomic E-state index is 0.0788. The predicted molar refractivity (Wildman–Crippen MR) is 242 cm³/mol. The molecule has 0 aliphatic heterocycles. The van der Waals surface area contributed by atoms with E-state index < -0.39 is 6.10 Å². The molecule has 0 aromatic rings. The van der Waals surface area contributed by atoms with Crippen molar-refractivity contribution in [2.45, 2.75) is 258 Å². The molecule has 0 fully saturated rings. The van der Waals surface area contributed by atoms with Crippen LogP contribution in [0.25, 0.3) is 0 Å². The van der Waals surface area contributed by atoms with Crippen LogP contribution >= 0.6 is 0 Å². The molecule has 0 saturated heterocycles. The van der Waals surface area contributed by atoms with Gasteiger partial charge in [-0.15, -0.1) is 0 Å². The van der Waals surface area contributed by atoms with Gasteiger partial charge in [-0.3, -0.25) is 14.4 Å². The predicted octanol–water partition coefficient (Wildman–Crippen LogP) is 15.8. The van der Waals surface area contributed by atoms with Crippen molar-refractivity contribution >= 4 is 17.9 Å². The van der Waals surface area contributed by atoms with E-state index in [1.54, 1.807) is 0 Å². The van der Waals surface area contributed by atoms with Gasteiger partial charge in [0.15, 0.2) is 6.10 Å². The van der Waals surface area contributed by atoms with Crippen LogP contribution in [-0.2, 0) is 28.6 Å². The monoisotopic (exact) mass is 801 g/mol. The molecular weight excluding hydrogens is 709 g/mol. The number of carbonyl (C=O) groups is 3. The second-order valence-electron chi connectivity index (χ2n) is 16.4. The van der Waals surface area contributed by atoms with Gasteiger partial charge in [-0.2, -0.15) is 0 Å². The van der Waals surface area contributed by atoms with Crippen LogP contribution in [0.4, 0.5) is 0 Å². The maximum Gasteiger partial charge on any atom is 0.306 e. The molecule has 0 saturated carbocycles. The van der Waals surface area contributed by atoms with Gasteiger partial charge in [-0.1, -0.05) is 192 Å². The van der Waals surface area contributed by atoms with Gasteiger partial charge >= 0.3 is 17.9 Å². The van der Waals surface area contributed by atoms with E-state index in [4.69, 9.17) is 14.2 Å². The third kappa shape index (κ3) is 44.6. The molecule has 0 unspecified atom stereocenters. The van der Waals surface area contributed by atoms with Crippen LogP contribution in [0.1, 0.15) is 252 Å². The molecule has 0 heterocycles. The van der Waals surface area contributed by atoms with Crippen LogP contribution in [0, 0.1) is 0 Å². The van der Waals surface area contributed by atoms with Gasteiger partial charge in [0.25, 0.3) is 0 Å². The number of unbranched alkanes of at least 4 members (excludes halogenated alkanes) is 27. The molecule has 0 aromatic carbocycles. The van der Waals surface area contributed by atoms with Crippen molar-refractivity contribution in [1.29, 1.82) is 0 Å². The zero-order valence-corrected chi connectivity index (χ0v) is 37.9. The Balaban J connectivity index is 4.38. The van der Waals surface area contributed by atoms with Crippen molar-refractivity contribution in [3.63, 3.8) is 0 Å². The van der Waals surface area contributed by atoms with E-state index in [2.05, 4.69) is 57.2 Å². The summed E-state index contributed by atoms with van der Waals surface area (Å²) in [4.78, 5) is 37.8. The fraction of sp³-hybridized carbons (Fsp3) is 0.824. The summed E-state index contributed by atoms with van der Waals surface area (Å²) in [5.74, 6) is -0.896. The second-order valence-corrected chi connectivity index (χ2v) is 16.4. The molecule has 0 aromatic heterocycles. The molecule has 0 aliphatic rings. The highest BCUT2D eigenvalue weighted by atomic mass is 16.6. The molecule has 6 nitrogen and oxygen atoms in total. The first kappa shape index (κ1) is 54.6. The standard InChI is InChI=1S/C51H92O6/c1-4-7-10-13-16-19-22-24-25-27-30-32-35-38-41-44-50(53)56-47-48(57-51(54)45-42-39-36-33-28-21-18-15-12-9-6-3)46-55-49(52)43-40-37-34-31-29-26-23-20-17-14-11-8-5-2/h16,19-20,23-25,48H,4-15,17-18,21-22,26-47H2,1-3H3/b19-16-,23-20-,25-24-/t48-/m0/s1. The third-order valence-corrected chi connectivity index (χ3v) is 10.6. The molecule has 1 atom stereocenters. The van der Waals surface area contributed by atoms with Crippen LogP contribution in [0.2, 0.25) is 0 Å². The largest absolute Gasteiger partial charge is 0.462 e. The van der Waals surface area contributed by atoms with Gasteiger partial charge in [0.05, 0.1) is 0 Å². The van der Waals surface area contributed by atoms with Gasteiger partial charge in [-0.25, -0.2) is 0 Å². The first-order valence-corrected chi connectivity index (χ1v) is 24.5. The van der Waals surface area contributed by atoms with Crippen LogP contribution in [-0.4, -0.2) is 37.2 Å². The lowest BCUT2D eigenvalue weighted by Crippen LogP contribution is -2.30. The molecular formula is C51H92O6. The Morgan fingerprint density at radius 2 is 0.632 bits per heavy atom. The van der Waals surface area contributed by atoms with Gasteiger partial charge < -0.3 is 14.2 Å². The molecule has 0 spiro atoms. The summed E-state index contributed by atoms with van der Waals surface area (Å²) in [7, 11) is 0. The summed E-state index contributed by atoms with van der Waals surface area (Å²) in [6, 6.07) is 0. The van der Waals surface area contributed by atoms with Crippen LogP contribution in [0.15, 0.2) is 36.5 Å². The smallest absolute Gasteiger partial charge is 0.306 e. The molecule has 57 heavy (non-hydrogen) atoms. The quantitative estimate of drug-likeness (QED) is 0.0264. The summed E-state index contributed by atoms with van der Waals surface area (Å²) in [5, 5.41) is 0. The second kappa shape index (κ2) is 46.3. The zero-order chi connectivity index (χ0) is 41.5. The van der Waals surface area contributed by atoms with Crippen molar-refractivity contribution < 1.29 is 28.6 Å². The Morgan fingerprint density at radius 1 is 0.351 bits per heavy atom. The van der Waals surface area contributed by atoms with E-state index in [-0.39, 0.29) is 31.1 Å². The van der Waals surface area contributed by atoms with E-state index >= 15 is 0 Å². The van der Waals surface area contributed by atoms with Gasteiger partial charge in [0.1, 0.15) is 13.2 Å². The number of hydrogen-bond donors (Lipinski definition) is 0. The Hall–Kier alpha value is -2.37. The minimum Gasteiger partial charge on any atom is -0.462 e. The highest BCUT2D eigenvalue weighted by molar-refractivity contribution is 5.71. The summed E-state index contributed by atoms with van der Waals surface area (Å²) < 4.78 is 16.7. The molecule has 332 valence electrons. The number of hydrogen-bond acceptors (Lipinski definition) is 6. The minimum atomic E-state index is -0.776. The van der Waals surface area contributed by atoms with E-state index in [0.29, 0.717) is 19.3 Å². The van der Waals surface area contributed by atoms with Crippen LogP contribution in [0.3, 0.4) is 0 Å². The molecule has 0 rings (SSSR count). The van der Waals surface area contributed by atoms with Crippen molar-refractivity contribution in [2.24, 2.45) is 0 Å². The van der Waals surface area contributed by atoms with Crippen molar-refractivity contribution in [2.75, 3.05) is 13.2 Å². The number of carbonyl (C=O) groups excluding carboxylic acids is 3. The zero-order valence-electron chi connectivity index (χ0n) is 37.9. The number of allylic oxidation sites excluding steroid dienone is 6. The molecule has 0 N–H and O–H groups in total. The third-order valence-electron chi connectivity index (χ3n) is 10.6. The van der Waals surface area contributed by atoms with Crippen molar-refractivity contribution in [1.82, 2.24) is 0 Å². The maximum atomic E-state index is 12.7. The van der Waals surface area contributed by atoms with Crippen LogP contribution < -0.4 is 0 Å². The Kier molecular flexibility index (Phi) is 44.4. The van der Waals surface area contributed by atoms with Gasteiger partial charge in [0.2, 0.25) is 0 Å². The topological polar surface area (TPSA) is 78.9 Å². The highest BCUT2D eigenvalue weighted by Gasteiger charge is 2.19. The Labute approximate surface area is 353 Å². The SMILES string of the molecule is CCCCC/C=C\C/C=C\CCCCCCCC(=O)OC[C@H](COC(=O)CCCCCCC/C=C\CCCCCC)OC(=O)CCCCCCCCCCCCC. The molecule has 0 amide bonds. The maximum absolute atomic E-state index is 12.7. The average molecular weight is 801 g/mol. The van der Waals surface area contributed by atoms with E-state index in [1.807, 2.05) is 0 Å².